The normalized spacial score (nSPS) is 22.1. The predicted molar refractivity (Wildman–Crippen MR) is 92.7 cm³/mol. The van der Waals surface area contributed by atoms with Gasteiger partial charge in [-0.3, -0.25) is 20.3 Å². The highest BCUT2D eigenvalue weighted by Gasteiger charge is 2.52. The summed E-state index contributed by atoms with van der Waals surface area (Å²) in [5.41, 5.74) is 0.453. The number of hydrogen-bond donors (Lipinski definition) is 2. The van der Waals surface area contributed by atoms with Crippen molar-refractivity contribution < 1.29 is 8.78 Å². The van der Waals surface area contributed by atoms with Gasteiger partial charge in [-0.05, 0) is 6.42 Å². The molecule has 2 aromatic rings. The molecule has 0 amide bonds. The Bertz CT molecular complexity index is 842. The van der Waals surface area contributed by atoms with Gasteiger partial charge in [0.25, 0.3) is 5.92 Å². The maximum absolute atomic E-state index is 13.5. The van der Waals surface area contributed by atoms with Gasteiger partial charge in [0.1, 0.15) is 17.9 Å². The Morgan fingerprint density at radius 3 is 2.73 bits per heavy atom. The van der Waals surface area contributed by atoms with Gasteiger partial charge in [-0.2, -0.15) is 4.98 Å². The molecule has 0 bridgehead atoms. The van der Waals surface area contributed by atoms with Crippen molar-refractivity contribution >= 4 is 23.7 Å². The quantitative estimate of drug-likeness (QED) is 0.645. The summed E-state index contributed by atoms with van der Waals surface area (Å²) < 4.78 is 28.7. The number of fused-ring (bicyclic) bond motifs is 1. The highest BCUT2D eigenvalue weighted by molar-refractivity contribution is 6.16. The van der Waals surface area contributed by atoms with E-state index in [-0.39, 0.29) is 18.7 Å². The van der Waals surface area contributed by atoms with Gasteiger partial charge in [0.15, 0.2) is 5.82 Å². The van der Waals surface area contributed by atoms with E-state index in [0.29, 0.717) is 23.9 Å². The molecule has 10 heteroatoms. The van der Waals surface area contributed by atoms with Crippen LogP contribution in [0.2, 0.25) is 0 Å². The predicted octanol–water partition coefficient (Wildman–Crippen LogP) is 2.45. The van der Waals surface area contributed by atoms with Crippen molar-refractivity contribution in [2.24, 2.45) is 0 Å². The van der Waals surface area contributed by atoms with E-state index < -0.39 is 18.0 Å². The van der Waals surface area contributed by atoms with Crippen LogP contribution in [0.15, 0.2) is 24.9 Å². The number of amidine groups is 1. The molecule has 2 aliphatic rings. The summed E-state index contributed by atoms with van der Waals surface area (Å²) in [6.45, 7) is 1.90. The minimum absolute atomic E-state index is 0.171. The fourth-order valence-electron chi connectivity index (χ4n) is 3.57. The summed E-state index contributed by atoms with van der Waals surface area (Å²) in [4.78, 5) is 16.0. The highest BCUT2D eigenvalue weighted by atomic mass is 19.3. The standard InChI is InChI=1S/C16H18F2N8/c1-2-11-13(20)25(8-19)12-7-22-15(24-4-3-21-9-24)23-14(12)26(11)10-5-16(17,18)6-10/h3-4,7-11,19-20H,2,5-6H2,1H3/t11-/m1/s1. The molecule has 1 atom stereocenters. The molecule has 0 spiro atoms. The minimum Gasteiger partial charge on any atom is -0.341 e. The molecular formula is C16H18F2N8. The maximum atomic E-state index is 13.5. The molecule has 1 fully saturated rings. The zero-order valence-corrected chi connectivity index (χ0v) is 14.1. The van der Waals surface area contributed by atoms with E-state index in [1.807, 2.05) is 6.92 Å². The fraction of sp³-hybridized carbons (Fsp3) is 0.438. The van der Waals surface area contributed by atoms with Crippen molar-refractivity contribution in [1.82, 2.24) is 19.5 Å². The van der Waals surface area contributed by atoms with Crippen LogP contribution < -0.4 is 9.80 Å². The third kappa shape index (κ3) is 2.44. The summed E-state index contributed by atoms with van der Waals surface area (Å²) in [6, 6.07) is -0.816. The van der Waals surface area contributed by atoms with E-state index >= 15 is 0 Å². The first-order valence-corrected chi connectivity index (χ1v) is 8.35. The average Bonchev–Trinajstić information content (AvgIpc) is 3.13. The van der Waals surface area contributed by atoms with Gasteiger partial charge in [-0.1, -0.05) is 6.92 Å². The second-order valence-electron chi connectivity index (χ2n) is 6.48. The van der Waals surface area contributed by atoms with E-state index in [2.05, 4.69) is 15.0 Å². The molecule has 0 aromatic carbocycles. The number of hydrogen-bond acceptors (Lipinski definition) is 6. The number of anilines is 2. The number of alkyl halides is 2. The van der Waals surface area contributed by atoms with Gasteiger partial charge >= 0.3 is 0 Å². The van der Waals surface area contributed by atoms with E-state index in [4.69, 9.17) is 10.8 Å². The van der Waals surface area contributed by atoms with Gasteiger partial charge in [-0.15, -0.1) is 0 Å². The topological polar surface area (TPSA) is 97.8 Å². The highest BCUT2D eigenvalue weighted by Crippen LogP contribution is 2.46. The Hall–Kier alpha value is -2.91. The Balaban J connectivity index is 1.83. The van der Waals surface area contributed by atoms with Crippen LogP contribution >= 0.6 is 0 Å². The first-order valence-electron chi connectivity index (χ1n) is 8.35. The molecule has 26 heavy (non-hydrogen) atoms. The van der Waals surface area contributed by atoms with Gasteiger partial charge in [0.2, 0.25) is 5.95 Å². The molecule has 2 N–H and O–H groups in total. The largest absolute Gasteiger partial charge is 0.341 e. The van der Waals surface area contributed by atoms with Crippen LogP contribution in [0.25, 0.3) is 5.95 Å². The van der Waals surface area contributed by atoms with Crippen LogP contribution in [-0.4, -0.2) is 49.7 Å². The van der Waals surface area contributed by atoms with E-state index in [9.17, 15) is 8.78 Å². The number of nitrogens with zero attached hydrogens (tertiary/aromatic N) is 6. The van der Waals surface area contributed by atoms with E-state index in [0.717, 1.165) is 6.34 Å². The lowest BCUT2D eigenvalue weighted by molar-refractivity contribution is -0.0866. The summed E-state index contributed by atoms with van der Waals surface area (Å²) in [6.07, 6.45) is 7.44. The summed E-state index contributed by atoms with van der Waals surface area (Å²) in [7, 11) is 0. The number of nitrogens with one attached hydrogen (secondary N) is 2. The fourth-order valence-corrected chi connectivity index (χ4v) is 3.57. The van der Waals surface area contributed by atoms with Crippen LogP contribution in [0.3, 0.4) is 0 Å². The van der Waals surface area contributed by atoms with Crippen molar-refractivity contribution in [2.45, 2.75) is 44.2 Å². The van der Waals surface area contributed by atoms with E-state index in [1.54, 1.807) is 28.2 Å². The molecule has 1 aliphatic carbocycles. The van der Waals surface area contributed by atoms with Crippen LogP contribution in [0.5, 0.6) is 0 Å². The van der Waals surface area contributed by atoms with Crippen LogP contribution in [0.4, 0.5) is 20.3 Å². The molecule has 0 saturated heterocycles. The van der Waals surface area contributed by atoms with E-state index in [1.165, 1.54) is 11.1 Å². The van der Waals surface area contributed by atoms with Crippen molar-refractivity contribution in [3.05, 3.63) is 24.9 Å². The minimum atomic E-state index is -2.68. The van der Waals surface area contributed by atoms with Gasteiger partial charge in [-0.25, -0.2) is 18.7 Å². The third-order valence-electron chi connectivity index (χ3n) is 4.87. The lowest BCUT2D eigenvalue weighted by atomic mass is 9.84. The first-order chi connectivity index (χ1) is 12.4. The number of imidazole rings is 1. The molecule has 1 saturated carbocycles. The van der Waals surface area contributed by atoms with Crippen molar-refractivity contribution in [3.8, 4) is 5.95 Å². The van der Waals surface area contributed by atoms with Gasteiger partial charge < -0.3 is 4.90 Å². The van der Waals surface area contributed by atoms with Crippen LogP contribution in [-0.2, 0) is 0 Å². The monoisotopic (exact) mass is 360 g/mol. The SMILES string of the molecule is CC[C@@H]1C(=N)N(C=N)c2cnc(-n3ccnc3)nc2N1C1CC(F)(F)C1. The Morgan fingerprint density at radius 1 is 1.38 bits per heavy atom. The average molecular weight is 360 g/mol. The summed E-state index contributed by atoms with van der Waals surface area (Å²) in [5.74, 6) is -1.67. The number of aromatic nitrogens is 4. The van der Waals surface area contributed by atoms with Crippen molar-refractivity contribution in [2.75, 3.05) is 9.80 Å². The van der Waals surface area contributed by atoms with Crippen molar-refractivity contribution in [1.29, 1.82) is 10.8 Å². The smallest absolute Gasteiger partial charge is 0.252 e. The molecule has 4 rings (SSSR count). The van der Waals surface area contributed by atoms with Gasteiger partial charge in [0, 0.05) is 31.3 Å². The Labute approximate surface area is 148 Å². The Morgan fingerprint density at radius 2 is 2.15 bits per heavy atom. The molecule has 136 valence electrons. The molecule has 8 nitrogen and oxygen atoms in total. The summed E-state index contributed by atoms with van der Waals surface area (Å²) >= 11 is 0. The zero-order valence-electron chi connectivity index (χ0n) is 14.1. The maximum Gasteiger partial charge on any atom is 0.252 e. The second kappa shape index (κ2) is 5.82. The molecule has 1 aliphatic heterocycles. The summed E-state index contributed by atoms with van der Waals surface area (Å²) in [5, 5.41) is 16.1. The number of halogens is 2. The van der Waals surface area contributed by atoms with Gasteiger partial charge in [0.05, 0.1) is 18.6 Å². The molecule has 0 unspecified atom stereocenters. The molecular weight excluding hydrogens is 342 g/mol. The van der Waals surface area contributed by atoms with Crippen LogP contribution in [0.1, 0.15) is 26.2 Å². The molecule has 0 radical (unpaired) electrons. The first kappa shape index (κ1) is 16.6. The van der Waals surface area contributed by atoms with Crippen LogP contribution in [0, 0.1) is 10.8 Å². The third-order valence-corrected chi connectivity index (χ3v) is 4.87. The lowest BCUT2D eigenvalue weighted by Crippen LogP contribution is -2.61. The number of rotatable bonds is 4. The Kier molecular flexibility index (Phi) is 3.70. The van der Waals surface area contributed by atoms with Crippen molar-refractivity contribution in [3.63, 3.8) is 0 Å². The lowest BCUT2D eigenvalue weighted by Gasteiger charge is -2.50. The second-order valence-corrected chi connectivity index (χ2v) is 6.48. The zero-order chi connectivity index (χ0) is 18.5. The molecule has 2 aromatic heterocycles. The molecule has 3 heterocycles.